The summed E-state index contributed by atoms with van der Waals surface area (Å²) in [5.41, 5.74) is 1.45. The number of hydrogen-bond acceptors (Lipinski definition) is 3. The Bertz CT molecular complexity index is 693. The maximum Gasteiger partial charge on any atom is 0.343 e. The monoisotopic (exact) mass is 259 g/mol. The summed E-state index contributed by atoms with van der Waals surface area (Å²) in [5, 5.41) is 0.510. The van der Waals surface area contributed by atoms with E-state index in [0.29, 0.717) is 5.39 Å². The number of carbonyl (C=O) groups is 1. The molecule has 1 aromatic carbocycles. The number of rotatable bonds is 1. The first-order valence-corrected chi connectivity index (χ1v) is 6.09. The first-order chi connectivity index (χ1) is 8.86. The fourth-order valence-electron chi connectivity index (χ4n) is 2.14. The molecule has 0 atom stereocenters. The second-order valence-corrected chi connectivity index (χ2v) is 5.50. The lowest BCUT2D eigenvalue weighted by molar-refractivity contribution is 0.0599. The molecule has 1 aromatic heterocycles. The van der Waals surface area contributed by atoms with Gasteiger partial charge in [-0.15, -0.1) is 0 Å². The summed E-state index contributed by atoms with van der Waals surface area (Å²) in [6.45, 7) is 6.23. The molecule has 0 spiro atoms. The van der Waals surface area contributed by atoms with Gasteiger partial charge in [0.2, 0.25) is 5.43 Å². The maximum absolute atomic E-state index is 12.3. The van der Waals surface area contributed by atoms with E-state index >= 15 is 0 Å². The number of aromatic nitrogens is 1. The SMILES string of the molecule is COC(=O)c1c[nH]c2c(C(C)(C)C)cccc2c1=O. The van der Waals surface area contributed by atoms with Gasteiger partial charge in [0.15, 0.2) is 0 Å². The number of benzene rings is 1. The van der Waals surface area contributed by atoms with Crippen LogP contribution in [0.3, 0.4) is 0 Å². The average Bonchev–Trinajstić information content (AvgIpc) is 2.37. The third-order valence-electron chi connectivity index (χ3n) is 3.13. The van der Waals surface area contributed by atoms with Crippen LogP contribution in [0.15, 0.2) is 29.2 Å². The van der Waals surface area contributed by atoms with E-state index in [1.165, 1.54) is 13.3 Å². The number of nitrogens with one attached hydrogen (secondary N) is 1. The highest BCUT2D eigenvalue weighted by Crippen LogP contribution is 2.27. The largest absolute Gasteiger partial charge is 0.465 e. The summed E-state index contributed by atoms with van der Waals surface area (Å²) in [5.74, 6) is -0.621. The smallest absolute Gasteiger partial charge is 0.343 e. The number of fused-ring (bicyclic) bond motifs is 1. The lowest BCUT2D eigenvalue weighted by Crippen LogP contribution is -2.19. The highest BCUT2D eigenvalue weighted by molar-refractivity contribution is 5.94. The van der Waals surface area contributed by atoms with E-state index in [2.05, 4.69) is 30.5 Å². The molecule has 2 aromatic rings. The minimum atomic E-state index is -0.621. The molecule has 19 heavy (non-hydrogen) atoms. The fourth-order valence-corrected chi connectivity index (χ4v) is 2.14. The minimum Gasteiger partial charge on any atom is -0.465 e. The van der Waals surface area contributed by atoms with Crippen molar-refractivity contribution in [2.75, 3.05) is 7.11 Å². The van der Waals surface area contributed by atoms with Crippen molar-refractivity contribution in [3.05, 3.63) is 45.7 Å². The number of aromatic amines is 1. The summed E-state index contributed by atoms with van der Waals surface area (Å²) in [6.07, 6.45) is 1.42. The molecule has 0 saturated carbocycles. The Morgan fingerprint density at radius 1 is 1.26 bits per heavy atom. The Kier molecular flexibility index (Phi) is 3.18. The number of carbonyl (C=O) groups excluding carboxylic acids is 1. The number of H-pyrrole nitrogens is 1. The standard InChI is InChI=1S/C15H17NO3/c1-15(2,3)11-7-5-6-9-12(11)16-8-10(13(9)17)14(18)19-4/h5-8H,1-4H3,(H,16,17). The molecule has 0 amide bonds. The van der Waals surface area contributed by atoms with Crippen molar-refractivity contribution in [1.29, 1.82) is 0 Å². The summed E-state index contributed by atoms with van der Waals surface area (Å²) in [4.78, 5) is 26.9. The molecule has 0 aliphatic heterocycles. The van der Waals surface area contributed by atoms with Crippen LogP contribution in [0.5, 0.6) is 0 Å². The molecule has 0 unspecified atom stereocenters. The minimum absolute atomic E-state index is 0.0288. The van der Waals surface area contributed by atoms with E-state index in [1.54, 1.807) is 6.07 Å². The zero-order valence-corrected chi connectivity index (χ0v) is 11.5. The summed E-state index contributed by atoms with van der Waals surface area (Å²) >= 11 is 0. The Hall–Kier alpha value is -2.10. The first-order valence-electron chi connectivity index (χ1n) is 6.09. The lowest BCUT2D eigenvalue weighted by atomic mass is 9.85. The Morgan fingerprint density at radius 3 is 2.53 bits per heavy atom. The highest BCUT2D eigenvalue weighted by atomic mass is 16.5. The molecule has 4 nitrogen and oxygen atoms in total. The predicted molar refractivity (Wildman–Crippen MR) is 74.6 cm³/mol. The Balaban J connectivity index is 2.80. The van der Waals surface area contributed by atoms with Gasteiger partial charge in [0.05, 0.1) is 12.6 Å². The van der Waals surface area contributed by atoms with Gasteiger partial charge in [0.25, 0.3) is 0 Å². The third-order valence-corrected chi connectivity index (χ3v) is 3.13. The quantitative estimate of drug-likeness (QED) is 0.801. The van der Waals surface area contributed by atoms with Crippen molar-refractivity contribution < 1.29 is 9.53 Å². The van der Waals surface area contributed by atoms with Crippen LogP contribution in [-0.4, -0.2) is 18.1 Å². The van der Waals surface area contributed by atoms with Crippen molar-refractivity contribution >= 4 is 16.9 Å². The van der Waals surface area contributed by atoms with E-state index in [0.717, 1.165) is 11.1 Å². The number of ether oxygens (including phenoxy) is 1. The van der Waals surface area contributed by atoms with E-state index in [1.807, 2.05) is 12.1 Å². The van der Waals surface area contributed by atoms with Crippen LogP contribution in [0.4, 0.5) is 0 Å². The molecule has 4 heteroatoms. The molecule has 0 bridgehead atoms. The molecule has 2 rings (SSSR count). The van der Waals surface area contributed by atoms with E-state index < -0.39 is 5.97 Å². The van der Waals surface area contributed by atoms with Gasteiger partial charge < -0.3 is 9.72 Å². The molecule has 0 radical (unpaired) electrons. The first kappa shape index (κ1) is 13.3. The molecule has 100 valence electrons. The van der Waals surface area contributed by atoms with Crippen molar-refractivity contribution in [1.82, 2.24) is 4.98 Å². The van der Waals surface area contributed by atoms with Gasteiger partial charge in [-0.3, -0.25) is 4.79 Å². The second kappa shape index (κ2) is 4.53. The fraction of sp³-hybridized carbons (Fsp3) is 0.333. The summed E-state index contributed by atoms with van der Waals surface area (Å²) in [6, 6.07) is 5.53. The molecule has 0 aliphatic carbocycles. The van der Waals surface area contributed by atoms with E-state index in [-0.39, 0.29) is 16.4 Å². The van der Waals surface area contributed by atoms with Crippen LogP contribution in [0.25, 0.3) is 10.9 Å². The Morgan fingerprint density at radius 2 is 1.95 bits per heavy atom. The van der Waals surface area contributed by atoms with Gasteiger partial charge in [-0.05, 0) is 17.0 Å². The lowest BCUT2D eigenvalue weighted by Gasteiger charge is -2.20. The van der Waals surface area contributed by atoms with Gasteiger partial charge >= 0.3 is 5.97 Å². The molecule has 1 N–H and O–H groups in total. The van der Waals surface area contributed by atoms with Crippen molar-refractivity contribution in [2.45, 2.75) is 26.2 Å². The number of pyridine rings is 1. The normalized spacial score (nSPS) is 11.6. The Labute approximate surface area is 111 Å². The molecule has 0 fully saturated rings. The van der Waals surface area contributed by atoms with Gasteiger partial charge in [0, 0.05) is 11.6 Å². The predicted octanol–water partition coefficient (Wildman–Crippen LogP) is 2.61. The molecule has 1 heterocycles. The second-order valence-electron chi connectivity index (χ2n) is 5.50. The number of para-hydroxylation sites is 1. The van der Waals surface area contributed by atoms with Crippen LogP contribution in [-0.2, 0) is 10.2 Å². The van der Waals surface area contributed by atoms with Crippen LogP contribution >= 0.6 is 0 Å². The highest BCUT2D eigenvalue weighted by Gasteiger charge is 2.20. The van der Waals surface area contributed by atoms with E-state index in [4.69, 9.17) is 0 Å². The van der Waals surface area contributed by atoms with Crippen LogP contribution in [0, 0.1) is 0 Å². The van der Waals surface area contributed by atoms with Crippen LogP contribution < -0.4 is 5.43 Å². The average molecular weight is 259 g/mol. The van der Waals surface area contributed by atoms with Crippen LogP contribution in [0.1, 0.15) is 36.7 Å². The maximum atomic E-state index is 12.3. The number of esters is 1. The van der Waals surface area contributed by atoms with E-state index in [9.17, 15) is 9.59 Å². The van der Waals surface area contributed by atoms with Crippen molar-refractivity contribution in [3.8, 4) is 0 Å². The van der Waals surface area contributed by atoms with Crippen LogP contribution in [0.2, 0.25) is 0 Å². The van der Waals surface area contributed by atoms with Crippen molar-refractivity contribution in [3.63, 3.8) is 0 Å². The van der Waals surface area contributed by atoms with Gasteiger partial charge in [-0.1, -0.05) is 32.9 Å². The molecular formula is C15H17NO3. The van der Waals surface area contributed by atoms with Gasteiger partial charge in [-0.2, -0.15) is 0 Å². The molecule has 0 aliphatic rings. The molecular weight excluding hydrogens is 242 g/mol. The van der Waals surface area contributed by atoms with Gasteiger partial charge in [0.1, 0.15) is 5.56 Å². The van der Waals surface area contributed by atoms with Crippen molar-refractivity contribution in [2.24, 2.45) is 0 Å². The molecule has 0 saturated heterocycles. The third kappa shape index (κ3) is 2.26. The topological polar surface area (TPSA) is 59.2 Å². The van der Waals surface area contributed by atoms with Gasteiger partial charge in [-0.25, -0.2) is 4.79 Å². The summed E-state index contributed by atoms with van der Waals surface area (Å²) in [7, 11) is 1.26. The zero-order valence-electron chi connectivity index (χ0n) is 11.5. The number of hydrogen-bond donors (Lipinski definition) is 1. The number of methoxy groups -OCH3 is 1. The zero-order chi connectivity index (χ0) is 14.2. The summed E-state index contributed by atoms with van der Waals surface area (Å²) < 4.78 is 4.60.